The third-order valence-electron chi connectivity index (χ3n) is 5.35. The lowest BCUT2D eigenvalue weighted by atomic mass is 10.2. The number of nitrogens with zero attached hydrogens (tertiary/aromatic N) is 4. The first-order chi connectivity index (χ1) is 15.2. The van der Waals surface area contributed by atoms with Crippen LogP contribution in [0.3, 0.4) is 0 Å². The van der Waals surface area contributed by atoms with Crippen molar-refractivity contribution in [2.75, 3.05) is 52.8 Å². The Bertz CT molecular complexity index is 1040. The molecule has 1 aliphatic heterocycles. The van der Waals surface area contributed by atoms with Gasteiger partial charge in [-0.3, -0.25) is 0 Å². The van der Waals surface area contributed by atoms with Crippen LogP contribution in [-0.2, 0) is 17.1 Å². The summed E-state index contributed by atoms with van der Waals surface area (Å²) in [5.41, 5.74) is 0.474. The van der Waals surface area contributed by atoms with Gasteiger partial charge in [0, 0.05) is 51.6 Å². The number of anilines is 1. The van der Waals surface area contributed by atoms with E-state index in [0.29, 0.717) is 48.3 Å². The van der Waals surface area contributed by atoms with Crippen molar-refractivity contribution in [3.8, 4) is 17.2 Å². The van der Waals surface area contributed by atoms with Crippen LogP contribution in [0.5, 0.6) is 17.2 Å². The van der Waals surface area contributed by atoms with Crippen molar-refractivity contribution >= 4 is 21.7 Å². The topological polar surface area (TPSA) is 115 Å². The smallest absolute Gasteiger partial charge is 0.321 e. The Hall–Kier alpha value is -2.99. The standard InChI is InChI=1S/C20H29N5O6S/c1-14-21-18(13-23(14)2)32(27,28)25-8-6-7-24(9-10-25)20(26)22-15-11-16(29-3)19(31-5)17(12-15)30-4/h11-13H,6-10H2,1-5H3,(H,22,26). The molecule has 0 unspecified atom stereocenters. The van der Waals surface area contributed by atoms with E-state index < -0.39 is 10.0 Å². The Kier molecular flexibility index (Phi) is 7.14. The van der Waals surface area contributed by atoms with Gasteiger partial charge >= 0.3 is 6.03 Å². The monoisotopic (exact) mass is 467 g/mol. The number of methoxy groups -OCH3 is 3. The van der Waals surface area contributed by atoms with Crippen LogP contribution in [0.15, 0.2) is 23.4 Å². The highest BCUT2D eigenvalue weighted by molar-refractivity contribution is 7.89. The highest BCUT2D eigenvalue weighted by Gasteiger charge is 2.30. The minimum atomic E-state index is -3.72. The number of aromatic nitrogens is 2. The van der Waals surface area contributed by atoms with Gasteiger partial charge in [0.1, 0.15) is 5.82 Å². The molecule has 176 valence electrons. The summed E-state index contributed by atoms with van der Waals surface area (Å²) in [5.74, 6) is 1.88. The molecule has 1 aliphatic rings. The summed E-state index contributed by atoms with van der Waals surface area (Å²) < 4.78 is 44.9. The summed E-state index contributed by atoms with van der Waals surface area (Å²) in [6, 6.07) is 2.93. The van der Waals surface area contributed by atoms with Gasteiger partial charge in [-0.2, -0.15) is 4.31 Å². The molecule has 12 heteroatoms. The lowest BCUT2D eigenvalue weighted by Crippen LogP contribution is -2.39. The van der Waals surface area contributed by atoms with Crippen molar-refractivity contribution in [1.29, 1.82) is 0 Å². The highest BCUT2D eigenvalue weighted by atomic mass is 32.2. The zero-order chi connectivity index (χ0) is 23.5. The molecule has 2 aromatic rings. The predicted molar refractivity (Wildman–Crippen MR) is 118 cm³/mol. The molecule has 3 rings (SSSR count). The van der Waals surface area contributed by atoms with E-state index in [-0.39, 0.29) is 24.1 Å². The maximum atomic E-state index is 13.0. The largest absolute Gasteiger partial charge is 0.493 e. The Labute approximate surface area is 187 Å². The molecule has 0 radical (unpaired) electrons. The molecule has 0 bridgehead atoms. The van der Waals surface area contributed by atoms with Crippen LogP contribution >= 0.6 is 0 Å². The SMILES string of the molecule is COc1cc(NC(=O)N2CCCN(S(=O)(=O)c3cn(C)c(C)n3)CC2)cc(OC)c1OC. The summed E-state index contributed by atoms with van der Waals surface area (Å²) in [4.78, 5) is 18.6. The second kappa shape index (κ2) is 9.65. The van der Waals surface area contributed by atoms with E-state index in [2.05, 4.69) is 10.3 Å². The number of nitrogens with one attached hydrogen (secondary N) is 1. The fourth-order valence-electron chi connectivity index (χ4n) is 3.48. The number of sulfonamides is 1. The summed E-state index contributed by atoms with van der Waals surface area (Å²) >= 11 is 0. The molecule has 32 heavy (non-hydrogen) atoms. The maximum Gasteiger partial charge on any atom is 0.321 e. The second-order valence-electron chi connectivity index (χ2n) is 7.33. The quantitative estimate of drug-likeness (QED) is 0.687. The van der Waals surface area contributed by atoms with Gasteiger partial charge in [-0.05, 0) is 13.3 Å². The number of carbonyl (C=O) groups is 1. The van der Waals surface area contributed by atoms with E-state index in [0.717, 1.165) is 0 Å². The molecule has 1 saturated heterocycles. The van der Waals surface area contributed by atoms with Crippen LogP contribution in [-0.4, -0.2) is 80.7 Å². The number of carbonyl (C=O) groups excluding carboxylic acids is 1. The highest BCUT2D eigenvalue weighted by Crippen LogP contribution is 2.40. The summed E-state index contributed by atoms with van der Waals surface area (Å²) in [6.07, 6.45) is 2.01. The third-order valence-corrected chi connectivity index (χ3v) is 7.12. The molecule has 1 N–H and O–H groups in total. The first-order valence-corrected chi connectivity index (χ1v) is 11.5. The normalized spacial score (nSPS) is 15.2. The number of ether oxygens (including phenoxy) is 3. The second-order valence-corrected chi connectivity index (χ2v) is 9.21. The summed E-state index contributed by atoms with van der Waals surface area (Å²) in [7, 11) is 2.52. The molecular formula is C20H29N5O6S. The average Bonchev–Trinajstić information content (AvgIpc) is 2.97. The van der Waals surface area contributed by atoms with Crippen LogP contribution in [0.25, 0.3) is 0 Å². The molecule has 2 amide bonds. The molecule has 1 fully saturated rings. The Balaban J connectivity index is 1.71. The summed E-state index contributed by atoms with van der Waals surface area (Å²) in [6.45, 7) is 2.91. The predicted octanol–water partition coefficient (Wildman–Crippen LogP) is 1.68. The Morgan fingerprint density at radius 2 is 1.69 bits per heavy atom. The maximum absolute atomic E-state index is 13.0. The van der Waals surface area contributed by atoms with Crippen LogP contribution in [0, 0.1) is 6.92 Å². The van der Waals surface area contributed by atoms with Gasteiger partial charge in [0.25, 0.3) is 10.0 Å². The van der Waals surface area contributed by atoms with Crippen molar-refractivity contribution in [2.24, 2.45) is 7.05 Å². The Morgan fingerprint density at radius 3 is 2.22 bits per heavy atom. The minimum absolute atomic E-state index is 0.0211. The van der Waals surface area contributed by atoms with E-state index in [9.17, 15) is 13.2 Å². The van der Waals surface area contributed by atoms with Crippen LogP contribution in [0.2, 0.25) is 0 Å². The van der Waals surface area contributed by atoms with E-state index in [4.69, 9.17) is 14.2 Å². The van der Waals surface area contributed by atoms with Gasteiger partial charge in [-0.15, -0.1) is 0 Å². The first-order valence-electron chi connectivity index (χ1n) is 10.1. The molecule has 1 aromatic heterocycles. The fourth-order valence-corrected chi connectivity index (χ4v) is 4.97. The van der Waals surface area contributed by atoms with Gasteiger partial charge < -0.3 is 29.0 Å². The molecule has 2 heterocycles. The fraction of sp³-hybridized carbons (Fsp3) is 0.500. The zero-order valence-corrected chi connectivity index (χ0v) is 19.7. The molecule has 0 aliphatic carbocycles. The lowest BCUT2D eigenvalue weighted by Gasteiger charge is -2.22. The van der Waals surface area contributed by atoms with Gasteiger partial charge in [-0.25, -0.2) is 18.2 Å². The van der Waals surface area contributed by atoms with Gasteiger partial charge in [0.2, 0.25) is 5.75 Å². The van der Waals surface area contributed by atoms with E-state index in [1.807, 2.05) is 0 Å². The van der Waals surface area contributed by atoms with Crippen molar-refractivity contribution in [1.82, 2.24) is 18.8 Å². The summed E-state index contributed by atoms with van der Waals surface area (Å²) in [5, 5.41) is 2.85. The van der Waals surface area contributed by atoms with Crippen molar-refractivity contribution in [2.45, 2.75) is 18.4 Å². The van der Waals surface area contributed by atoms with Crippen LogP contribution in [0.1, 0.15) is 12.2 Å². The van der Waals surface area contributed by atoms with E-state index >= 15 is 0 Å². The molecule has 0 saturated carbocycles. The molecule has 0 atom stereocenters. The number of amides is 2. The van der Waals surface area contributed by atoms with Gasteiger partial charge in [-0.1, -0.05) is 0 Å². The average molecular weight is 468 g/mol. The number of urea groups is 1. The van der Waals surface area contributed by atoms with Gasteiger partial charge in [0.05, 0.1) is 27.0 Å². The number of rotatable bonds is 6. The number of imidazole rings is 1. The van der Waals surface area contributed by atoms with E-state index in [1.54, 1.807) is 35.6 Å². The van der Waals surface area contributed by atoms with E-state index in [1.165, 1.54) is 31.8 Å². The van der Waals surface area contributed by atoms with Crippen LogP contribution in [0.4, 0.5) is 10.5 Å². The van der Waals surface area contributed by atoms with Crippen LogP contribution < -0.4 is 19.5 Å². The minimum Gasteiger partial charge on any atom is -0.493 e. The molecule has 0 spiro atoms. The molecular weight excluding hydrogens is 438 g/mol. The number of aryl methyl sites for hydroxylation is 2. The van der Waals surface area contributed by atoms with Crippen molar-refractivity contribution in [3.63, 3.8) is 0 Å². The van der Waals surface area contributed by atoms with Crippen molar-refractivity contribution in [3.05, 3.63) is 24.2 Å². The third kappa shape index (κ3) is 4.75. The lowest BCUT2D eigenvalue weighted by molar-refractivity contribution is 0.214. The molecule has 1 aromatic carbocycles. The number of hydrogen-bond donors (Lipinski definition) is 1. The number of hydrogen-bond acceptors (Lipinski definition) is 7. The first kappa shape index (κ1) is 23.7. The van der Waals surface area contributed by atoms with Crippen molar-refractivity contribution < 1.29 is 27.4 Å². The zero-order valence-electron chi connectivity index (χ0n) is 18.9. The number of benzene rings is 1. The Morgan fingerprint density at radius 1 is 1.03 bits per heavy atom. The molecule has 11 nitrogen and oxygen atoms in total. The van der Waals surface area contributed by atoms with Gasteiger partial charge in [0.15, 0.2) is 16.5 Å².